The first kappa shape index (κ1) is 30.9. The molecule has 0 unspecified atom stereocenters. The Morgan fingerprint density at radius 3 is 1.82 bits per heavy atom. The van der Waals surface area contributed by atoms with E-state index in [9.17, 15) is 4.79 Å². The van der Waals surface area contributed by atoms with E-state index in [1.165, 1.54) is 0 Å². The van der Waals surface area contributed by atoms with Gasteiger partial charge in [-0.2, -0.15) is 0 Å². The van der Waals surface area contributed by atoms with Gasteiger partial charge in [-0.05, 0) is 103 Å². The summed E-state index contributed by atoms with van der Waals surface area (Å²) in [5, 5.41) is 1.07. The van der Waals surface area contributed by atoms with Gasteiger partial charge in [-0.3, -0.25) is 0 Å². The average molecular weight is 654 g/mol. The van der Waals surface area contributed by atoms with Crippen LogP contribution in [-0.2, 0) is 4.74 Å². The molecule has 0 aliphatic carbocycles. The molecule has 0 saturated carbocycles. The Labute approximate surface area is 291 Å². The maximum absolute atomic E-state index is 12.5. The van der Waals surface area contributed by atoms with Crippen LogP contribution >= 0.6 is 0 Å². The Balaban J connectivity index is 1.39. The van der Waals surface area contributed by atoms with Crippen molar-refractivity contribution in [3.63, 3.8) is 0 Å². The van der Waals surface area contributed by atoms with Gasteiger partial charge >= 0.3 is 5.97 Å². The van der Waals surface area contributed by atoms with E-state index in [4.69, 9.17) is 14.5 Å². The van der Waals surface area contributed by atoms with Gasteiger partial charge in [-0.1, -0.05) is 72.8 Å². The van der Waals surface area contributed by atoms with E-state index in [1.807, 2.05) is 37.3 Å². The lowest BCUT2D eigenvalue weighted by Gasteiger charge is -2.40. The summed E-state index contributed by atoms with van der Waals surface area (Å²) in [6, 6.07) is 49.7. The highest BCUT2D eigenvalue weighted by Crippen LogP contribution is 2.55. The minimum absolute atomic E-state index is 0.325. The van der Waals surface area contributed by atoms with E-state index in [-0.39, 0.29) is 5.97 Å². The minimum Gasteiger partial charge on any atom is -0.497 e. The molecule has 0 fully saturated rings. The predicted octanol–water partition coefficient (Wildman–Crippen LogP) is 11.3. The second-order valence-electron chi connectivity index (χ2n) is 12.2. The highest BCUT2D eigenvalue weighted by atomic mass is 16.5. The SMILES string of the molecule is CCOC(=O)c1ccc(-c2cc(-c3ccc(OC)cc3)c3c(C)ccc(N4c5ccccc5N(c5ccccc5)c5ccccc54)c3n2)cc1. The number of hydrogen-bond donors (Lipinski definition) is 0. The zero-order valence-electron chi connectivity index (χ0n) is 28.1. The average Bonchev–Trinajstić information content (AvgIpc) is 3.17. The van der Waals surface area contributed by atoms with Crippen molar-refractivity contribution in [1.82, 2.24) is 4.98 Å². The third-order valence-electron chi connectivity index (χ3n) is 9.22. The molecule has 50 heavy (non-hydrogen) atoms. The van der Waals surface area contributed by atoms with Crippen molar-refractivity contribution in [1.29, 1.82) is 0 Å². The van der Waals surface area contributed by atoms with Crippen molar-refractivity contribution in [2.45, 2.75) is 13.8 Å². The van der Waals surface area contributed by atoms with Crippen LogP contribution in [0.15, 0.2) is 146 Å². The molecule has 0 radical (unpaired) electrons. The molecular weight excluding hydrogens is 619 g/mol. The molecular formula is C44H35N3O3. The largest absolute Gasteiger partial charge is 0.497 e. The fourth-order valence-electron chi connectivity index (χ4n) is 6.87. The van der Waals surface area contributed by atoms with Crippen LogP contribution in [0.4, 0.5) is 34.1 Å². The third-order valence-corrected chi connectivity index (χ3v) is 9.22. The van der Waals surface area contributed by atoms with Crippen molar-refractivity contribution >= 4 is 51.0 Å². The summed E-state index contributed by atoms with van der Waals surface area (Å²) < 4.78 is 10.7. The summed E-state index contributed by atoms with van der Waals surface area (Å²) >= 11 is 0. The molecule has 1 aliphatic heterocycles. The van der Waals surface area contributed by atoms with Crippen LogP contribution in [0.3, 0.4) is 0 Å². The lowest BCUT2D eigenvalue weighted by molar-refractivity contribution is 0.0526. The third kappa shape index (κ3) is 5.31. The van der Waals surface area contributed by atoms with E-state index in [1.54, 1.807) is 19.2 Å². The van der Waals surface area contributed by atoms with Crippen molar-refractivity contribution in [3.05, 3.63) is 157 Å². The normalized spacial score (nSPS) is 12.0. The number of anilines is 6. The number of methoxy groups -OCH3 is 1. The predicted molar refractivity (Wildman–Crippen MR) is 203 cm³/mol. The maximum Gasteiger partial charge on any atom is 0.338 e. The standard InChI is InChI=1S/C44H35N3O3/c1-4-50-44(48)32-21-19-31(20-22-32)36-28-35(30-23-25-34(49-3)26-24-30)42-29(2)18-27-41(43(42)45-36)47-39-16-10-8-14-37(39)46(33-12-6-5-7-13-33)38-15-9-11-17-40(38)47/h5-28H,4H2,1-3H3. The molecule has 1 aliphatic rings. The zero-order valence-corrected chi connectivity index (χ0v) is 28.1. The lowest BCUT2D eigenvalue weighted by atomic mass is 9.94. The van der Waals surface area contributed by atoms with Crippen LogP contribution in [0.1, 0.15) is 22.8 Å². The summed E-state index contributed by atoms with van der Waals surface area (Å²) in [6.07, 6.45) is 0. The van der Waals surface area contributed by atoms with Crippen LogP contribution in [0.5, 0.6) is 5.75 Å². The number of aryl methyl sites for hydroxylation is 1. The number of aromatic nitrogens is 1. The van der Waals surface area contributed by atoms with E-state index >= 15 is 0 Å². The number of carbonyl (C=O) groups excluding carboxylic acids is 1. The van der Waals surface area contributed by atoms with Gasteiger partial charge in [0.1, 0.15) is 5.75 Å². The van der Waals surface area contributed by atoms with Crippen LogP contribution in [0.2, 0.25) is 0 Å². The molecule has 1 aromatic heterocycles. The molecule has 244 valence electrons. The number of para-hydroxylation sites is 5. The Morgan fingerprint density at radius 2 is 1.22 bits per heavy atom. The molecule has 2 heterocycles. The van der Waals surface area contributed by atoms with Crippen LogP contribution in [0.25, 0.3) is 33.3 Å². The van der Waals surface area contributed by atoms with Crippen molar-refractivity contribution in [3.8, 4) is 28.1 Å². The second-order valence-corrected chi connectivity index (χ2v) is 12.2. The van der Waals surface area contributed by atoms with Gasteiger partial charge in [0.25, 0.3) is 0 Å². The number of pyridine rings is 1. The number of fused-ring (bicyclic) bond motifs is 3. The van der Waals surface area contributed by atoms with E-state index in [0.29, 0.717) is 12.2 Å². The molecule has 0 spiro atoms. The number of nitrogens with zero attached hydrogens (tertiary/aromatic N) is 3. The Kier molecular flexibility index (Phi) is 7.97. The summed E-state index contributed by atoms with van der Waals surface area (Å²) in [5.41, 5.74) is 12.6. The smallest absolute Gasteiger partial charge is 0.338 e. The van der Waals surface area contributed by atoms with Gasteiger partial charge < -0.3 is 19.3 Å². The highest BCUT2D eigenvalue weighted by Gasteiger charge is 2.31. The van der Waals surface area contributed by atoms with Crippen molar-refractivity contribution in [2.75, 3.05) is 23.5 Å². The second kappa shape index (κ2) is 12.9. The van der Waals surface area contributed by atoms with Gasteiger partial charge in [0.2, 0.25) is 0 Å². The monoisotopic (exact) mass is 653 g/mol. The number of hydrogen-bond acceptors (Lipinski definition) is 6. The summed E-state index contributed by atoms with van der Waals surface area (Å²) in [6.45, 7) is 4.28. The van der Waals surface area contributed by atoms with Crippen LogP contribution < -0.4 is 14.5 Å². The molecule has 0 atom stereocenters. The molecule has 7 aromatic rings. The summed E-state index contributed by atoms with van der Waals surface area (Å²) in [7, 11) is 1.68. The summed E-state index contributed by atoms with van der Waals surface area (Å²) in [5.74, 6) is 0.457. The molecule has 6 aromatic carbocycles. The van der Waals surface area contributed by atoms with Gasteiger partial charge in [0, 0.05) is 16.6 Å². The lowest BCUT2D eigenvalue weighted by Crippen LogP contribution is -2.24. The Morgan fingerprint density at radius 1 is 0.640 bits per heavy atom. The van der Waals surface area contributed by atoms with Gasteiger partial charge in [0.05, 0.1) is 58.9 Å². The zero-order chi connectivity index (χ0) is 34.2. The number of rotatable bonds is 7. The molecule has 0 saturated heterocycles. The Hall–Kier alpha value is -6.40. The fraction of sp³-hybridized carbons (Fsp3) is 0.0909. The molecule has 0 bridgehead atoms. The first-order chi connectivity index (χ1) is 24.6. The van der Waals surface area contributed by atoms with E-state index < -0.39 is 0 Å². The number of benzene rings is 6. The molecule has 0 N–H and O–H groups in total. The molecule has 0 amide bonds. The highest BCUT2D eigenvalue weighted by molar-refractivity contribution is 6.10. The van der Waals surface area contributed by atoms with Crippen molar-refractivity contribution in [2.24, 2.45) is 0 Å². The molecule has 8 rings (SSSR count). The van der Waals surface area contributed by atoms with E-state index in [2.05, 4.69) is 120 Å². The topological polar surface area (TPSA) is 54.9 Å². The first-order valence-electron chi connectivity index (χ1n) is 16.8. The molecule has 6 nitrogen and oxygen atoms in total. The van der Waals surface area contributed by atoms with Crippen LogP contribution in [-0.4, -0.2) is 24.7 Å². The van der Waals surface area contributed by atoms with Gasteiger partial charge in [-0.25, -0.2) is 9.78 Å². The number of ether oxygens (including phenoxy) is 2. The maximum atomic E-state index is 12.5. The molecule has 6 heteroatoms. The Bertz CT molecular complexity index is 2310. The van der Waals surface area contributed by atoms with Gasteiger partial charge in [-0.15, -0.1) is 0 Å². The van der Waals surface area contributed by atoms with Gasteiger partial charge in [0.15, 0.2) is 0 Å². The fourth-order valence-corrected chi connectivity index (χ4v) is 6.87. The van der Waals surface area contributed by atoms with Crippen LogP contribution in [0, 0.1) is 6.92 Å². The van der Waals surface area contributed by atoms with E-state index in [0.717, 1.165) is 78.7 Å². The first-order valence-corrected chi connectivity index (χ1v) is 16.8. The quantitative estimate of drug-likeness (QED) is 0.160. The summed E-state index contributed by atoms with van der Waals surface area (Å²) in [4.78, 5) is 22.6. The number of carbonyl (C=O) groups is 1. The minimum atomic E-state index is -0.339. The van der Waals surface area contributed by atoms with Crippen molar-refractivity contribution < 1.29 is 14.3 Å². The number of esters is 1.